The second kappa shape index (κ2) is 9.12. The summed E-state index contributed by atoms with van der Waals surface area (Å²) in [6.45, 7) is 5.30. The first-order valence-electron chi connectivity index (χ1n) is 10.4. The number of carbonyl (C=O) groups excluding carboxylic acids is 2. The summed E-state index contributed by atoms with van der Waals surface area (Å²) in [5.74, 6) is -1.71. The van der Waals surface area contributed by atoms with E-state index < -0.39 is 11.9 Å². The maximum absolute atomic E-state index is 12.7. The molecule has 0 bridgehead atoms. The first-order chi connectivity index (χ1) is 15.9. The van der Waals surface area contributed by atoms with E-state index in [1.807, 2.05) is 30.3 Å². The molecular weight excluding hydrogens is 420 g/mol. The molecule has 4 rings (SSSR count). The van der Waals surface area contributed by atoms with Crippen molar-refractivity contribution < 1.29 is 29.0 Å². The third-order valence-corrected chi connectivity index (χ3v) is 5.51. The van der Waals surface area contributed by atoms with Gasteiger partial charge in [0.25, 0.3) is 0 Å². The van der Waals surface area contributed by atoms with Gasteiger partial charge in [-0.15, -0.1) is 0 Å². The highest BCUT2D eigenvalue weighted by Gasteiger charge is 2.26. The molecule has 33 heavy (non-hydrogen) atoms. The Morgan fingerprint density at radius 2 is 1.58 bits per heavy atom. The molecule has 0 atom stereocenters. The predicted octanol–water partition coefficient (Wildman–Crippen LogP) is 4.95. The standard InChI is InChI=1S/C27H22O6/c1-16(2)24(28)22-12-11-19-18-8-4-3-7-17(18)15-23(19)25(22)32-13-14-33-27(31)21-10-6-5-9-20(21)26(29)30/h3-12H,1,13-15H2,2H3,(H,29,30). The first-order valence-corrected chi connectivity index (χ1v) is 10.4. The molecule has 0 fully saturated rings. The fourth-order valence-electron chi connectivity index (χ4n) is 3.96. The van der Waals surface area contributed by atoms with Crippen molar-refractivity contribution in [1.82, 2.24) is 0 Å². The van der Waals surface area contributed by atoms with E-state index in [1.165, 1.54) is 18.2 Å². The molecule has 3 aromatic carbocycles. The van der Waals surface area contributed by atoms with Gasteiger partial charge in [-0.3, -0.25) is 4.79 Å². The van der Waals surface area contributed by atoms with Crippen molar-refractivity contribution in [2.75, 3.05) is 13.2 Å². The third kappa shape index (κ3) is 4.28. The highest BCUT2D eigenvalue weighted by Crippen LogP contribution is 2.43. The maximum atomic E-state index is 12.7. The molecule has 166 valence electrons. The summed E-state index contributed by atoms with van der Waals surface area (Å²) in [5.41, 5.74) is 4.81. The molecule has 3 aromatic rings. The minimum atomic E-state index is -1.21. The molecular formula is C27H22O6. The van der Waals surface area contributed by atoms with E-state index in [2.05, 4.69) is 6.58 Å². The number of carboxylic acid groups (broad SMARTS) is 1. The van der Waals surface area contributed by atoms with Gasteiger partial charge in [-0.2, -0.15) is 0 Å². The van der Waals surface area contributed by atoms with Crippen LogP contribution in [-0.2, 0) is 11.2 Å². The summed E-state index contributed by atoms with van der Waals surface area (Å²) in [6, 6.07) is 17.5. The average molecular weight is 442 g/mol. The third-order valence-electron chi connectivity index (χ3n) is 5.51. The normalized spacial score (nSPS) is 11.3. The van der Waals surface area contributed by atoms with E-state index in [9.17, 15) is 19.5 Å². The van der Waals surface area contributed by atoms with Crippen molar-refractivity contribution in [1.29, 1.82) is 0 Å². The number of hydrogen-bond donors (Lipinski definition) is 1. The Kier molecular flexibility index (Phi) is 6.09. The topological polar surface area (TPSA) is 89.9 Å². The Bertz CT molecular complexity index is 1290. The zero-order chi connectivity index (χ0) is 23.5. The smallest absolute Gasteiger partial charge is 0.339 e. The molecule has 0 aliphatic heterocycles. The highest BCUT2D eigenvalue weighted by molar-refractivity contribution is 6.10. The van der Waals surface area contributed by atoms with E-state index in [1.54, 1.807) is 19.1 Å². The van der Waals surface area contributed by atoms with Gasteiger partial charge in [0, 0.05) is 12.0 Å². The predicted molar refractivity (Wildman–Crippen MR) is 123 cm³/mol. The summed E-state index contributed by atoms with van der Waals surface area (Å²) in [6.07, 6.45) is 0.629. The number of esters is 1. The molecule has 6 heteroatoms. The fraction of sp³-hybridized carbons (Fsp3) is 0.148. The summed E-state index contributed by atoms with van der Waals surface area (Å²) < 4.78 is 11.2. The molecule has 1 aliphatic carbocycles. The number of ketones is 1. The SMILES string of the molecule is C=C(C)C(=O)c1ccc2c(c1OCCOC(=O)c1ccccc1C(=O)O)Cc1ccccc1-2. The Labute approximate surface area is 191 Å². The molecule has 0 aromatic heterocycles. The number of carbonyl (C=O) groups is 3. The van der Waals surface area contributed by atoms with Crippen LogP contribution in [0.1, 0.15) is 49.1 Å². The largest absolute Gasteiger partial charge is 0.489 e. The number of fused-ring (bicyclic) bond motifs is 3. The quantitative estimate of drug-likeness (QED) is 0.180. The van der Waals surface area contributed by atoms with E-state index in [4.69, 9.17) is 9.47 Å². The molecule has 0 spiro atoms. The van der Waals surface area contributed by atoms with Gasteiger partial charge in [-0.25, -0.2) is 9.59 Å². The van der Waals surface area contributed by atoms with Crippen molar-refractivity contribution in [2.24, 2.45) is 0 Å². The number of allylic oxidation sites excluding steroid dienone is 1. The minimum Gasteiger partial charge on any atom is -0.489 e. The lowest BCUT2D eigenvalue weighted by molar-refractivity contribution is 0.0441. The highest BCUT2D eigenvalue weighted by atomic mass is 16.6. The monoisotopic (exact) mass is 442 g/mol. The van der Waals surface area contributed by atoms with E-state index in [0.29, 0.717) is 23.3 Å². The molecule has 0 heterocycles. The number of carboxylic acids is 1. The van der Waals surface area contributed by atoms with Crippen LogP contribution in [0.4, 0.5) is 0 Å². The number of aromatic carboxylic acids is 1. The first kappa shape index (κ1) is 22.0. The molecule has 0 amide bonds. The number of ether oxygens (including phenoxy) is 2. The molecule has 0 saturated heterocycles. The van der Waals surface area contributed by atoms with Crippen LogP contribution in [0.5, 0.6) is 5.75 Å². The molecule has 0 unspecified atom stereocenters. The van der Waals surface area contributed by atoms with Crippen molar-refractivity contribution >= 4 is 17.7 Å². The Morgan fingerprint density at radius 1 is 0.879 bits per heavy atom. The minimum absolute atomic E-state index is 0.00421. The molecule has 1 aliphatic rings. The van der Waals surface area contributed by atoms with Crippen LogP contribution in [0.2, 0.25) is 0 Å². The molecule has 0 radical (unpaired) electrons. The van der Waals surface area contributed by atoms with Gasteiger partial charge in [0.15, 0.2) is 5.78 Å². The fourth-order valence-corrected chi connectivity index (χ4v) is 3.96. The van der Waals surface area contributed by atoms with Gasteiger partial charge >= 0.3 is 11.9 Å². The Hall–Kier alpha value is -4.19. The second-order valence-corrected chi connectivity index (χ2v) is 7.75. The summed E-state index contributed by atoms with van der Waals surface area (Å²) in [7, 11) is 0. The number of Topliss-reactive ketones (excluding diaryl/α,β-unsaturated/α-hetero) is 1. The van der Waals surface area contributed by atoms with Gasteiger partial charge in [0.2, 0.25) is 0 Å². The van der Waals surface area contributed by atoms with Gasteiger partial charge in [-0.05, 0) is 47.4 Å². The number of rotatable bonds is 8. The lowest BCUT2D eigenvalue weighted by Gasteiger charge is -2.16. The van der Waals surface area contributed by atoms with Crippen molar-refractivity contribution in [3.63, 3.8) is 0 Å². The summed E-state index contributed by atoms with van der Waals surface area (Å²) in [4.78, 5) is 36.4. The van der Waals surface area contributed by atoms with Crippen molar-refractivity contribution in [3.05, 3.63) is 101 Å². The van der Waals surface area contributed by atoms with Crippen molar-refractivity contribution in [3.8, 4) is 16.9 Å². The molecule has 1 N–H and O–H groups in total. The van der Waals surface area contributed by atoms with Crippen LogP contribution in [0.25, 0.3) is 11.1 Å². The Balaban J connectivity index is 1.53. The second-order valence-electron chi connectivity index (χ2n) is 7.75. The summed E-state index contributed by atoms with van der Waals surface area (Å²) >= 11 is 0. The zero-order valence-electron chi connectivity index (χ0n) is 18.1. The Morgan fingerprint density at radius 3 is 2.30 bits per heavy atom. The van der Waals surface area contributed by atoms with E-state index in [-0.39, 0.29) is 30.1 Å². The van der Waals surface area contributed by atoms with Crippen LogP contribution >= 0.6 is 0 Å². The number of benzene rings is 3. The van der Waals surface area contributed by atoms with Crippen molar-refractivity contribution in [2.45, 2.75) is 13.3 Å². The van der Waals surface area contributed by atoms with Crippen LogP contribution in [-0.4, -0.2) is 36.0 Å². The van der Waals surface area contributed by atoms with Gasteiger partial charge in [-0.1, -0.05) is 49.0 Å². The van der Waals surface area contributed by atoms with Gasteiger partial charge < -0.3 is 14.6 Å². The van der Waals surface area contributed by atoms with E-state index in [0.717, 1.165) is 22.3 Å². The van der Waals surface area contributed by atoms with E-state index >= 15 is 0 Å². The van der Waals surface area contributed by atoms with Gasteiger partial charge in [0.05, 0.1) is 16.7 Å². The van der Waals surface area contributed by atoms with Gasteiger partial charge in [0.1, 0.15) is 19.0 Å². The molecule has 6 nitrogen and oxygen atoms in total. The zero-order valence-corrected chi connectivity index (χ0v) is 18.1. The average Bonchev–Trinajstić information content (AvgIpc) is 3.20. The van der Waals surface area contributed by atoms with Crippen LogP contribution < -0.4 is 4.74 Å². The summed E-state index contributed by atoms with van der Waals surface area (Å²) in [5, 5.41) is 9.25. The lowest BCUT2D eigenvalue weighted by Crippen LogP contribution is -2.16. The van der Waals surface area contributed by atoms with Crippen LogP contribution in [0.15, 0.2) is 72.8 Å². The molecule has 0 saturated carbocycles. The van der Waals surface area contributed by atoms with Crippen LogP contribution in [0.3, 0.4) is 0 Å². The van der Waals surface area contributed by atoms with Crippen LogP contribution in [0, 0.1) is 0 Å². The lowest BCUT2D eigenvalue weighted by atomic mass is 9.97. The maximum Gasteiger partial charge on any atom is 0.339 e. The number of hydrogen-bond acceptors (Lipinski definition) is 5.